The van der Waals surface area contributed by atoms with Crippen LogP contribution < -0.4 is 5.32 Å². The molecule has 7 nitrogen and oxygen atoms in total. The molecule has 7 heteroatoms. The molecule has 0 aromatic heterocycles. The largest absolute Gasteiger partial charge is 0.481 e. The lowest BCUT2D eigenvalue weighted by Crippen LogP contribution is -2.43. The van der Waals surface area contributed by atoms with Crippen LogP contribution in [0.2, 0.25) is 0 Å². The number of hydrogen-bond acceptors (Lipinski definition) is 4. The lowest BCUT2D eigenvalue weighted by Gasteiger charge is -2.19. The van der Waals surface area contributed by atoms with Gasteiger partial charge in [-0.15, -0.1) is 0 Å². The van der Waals surface area contributed by atoms with Gasteiger partial charge >= 0.3 is 5.97 Å². The van der Waals surface area contributed by atoms with Crippen LogP contribution in [0.4, 0.5) is 0 Å². The first-order chi connectivity index (χ1) is 11.3. The number of aliphatic carboxylic acids is 1. The molecule has 1 aliphatic carbocycles. The first kappa shape index (κ1) is 18.4. The molecule has 134 valence electrons. The first-order valence-corrected chi connectivity index (χ1v) is 8.66. The molecule has 2 N–H and O–H groups in total. The van der Waals surface area contributed by atoms with Gasteiger partial charge in [0.15, 0.2) is 0 Å². The van der Waals surface area contributed by atoms with E-state index in [1.165, 1.54) is 0 Å². The summed E-state index contributed by atoms with van der Waals surface area (Å²) in [7, 11) is 0. The zero-order valence-corrected chi connectivity index (χ0v) is 14.3. The molecule has 0 aromatic carbocycles. The molecule has 3 amide bonds. The molecule has 0 radical (unpaired) electrons. The SMILES string of the molecule is CC(C)CC(CNC(=O)CN1C(=O)C2CCCCC2C1=O)C(=O)O. The zero-order chi connectivity index (χ0) is 17.9. The minimum atomic E-state index is -0.955. The molecular formula is C17H26N2O5. The molecule has 3 atom stereocenters. The van der Waals surface area contributed by atoms with Crippen LogP contribution >= 0.6 is 0 Å². The van der Waals surface area contributed by atoms with Crippen LogP contribution in [-0.4, -0.2) is 46.8 Å². The van der Waals surface area contributed by atoms with E-state index in [2.05, 4.69) is 5.32 Å². The fourth-order valence-corrected chi connectivity index (χ4v) is 3.66. The number of hydrogen-bond donors (Lipinski definition) is 2. The van der Waals surface area contributed by atoms with Crippen molar-refractivity contribution >= 4 is 23.7 Å². The van der Waals surface area contributed by atoms with Gasteiger partial charge in [0.1, 0.15) is 6.54 Å². The molecular weight excluding hydrogens is 312 g/mol. The predicted molar refractivity (Wildman–Crippen MR) is 85.8 cm³/mol. The van der Waals surface area contributed by atoms with Crippen LogP contribution in [0.5, 0.6) is 0 Å². The van der Waals surface area contributed by atoms with Crippen LogP contribution in [0.25, 0.3) is 0 Å². The van der Waals surface area contributed by atoms with Gasteiger partial charge in [-0.2, -0.15) is 0 Å². The van der Waals surface area contributed by atoms with Crippen molar-refractivity contribution in [2.75, 3.05) is 13.1 Å². The molecule has 0 aromatic rings. The molecule has 1 saturated heterocycles. The molecule has 1 aliphatic heterocycles. The Morgan fingerprint density at radius 3 is 2.17 bits per heavy atom. The number of carboxylic acids is 1. The smallest absolute Gasteiger partial charge is 0.308 e. The summed E-state index contributed by atoms with van der Waals surface area (Å²) in [5, 5.41) is 11.7. The van der Waals surface area contributed by atoms with E-state index in [1.807, 2.05) is 13.8 Å². The van der Waals surface area contributed by atoms with E-state index in [9.17, 15) is 24.3 Å². The molecule has 3 unspecified atom stereocenters. The van der Waals surface area contributed by atoms with Crippen molar-refractivity contribution in [3.8, 4) is 0 Å². The second-order valence-corrected chi connectivity index (χ2v) is 7.23. The second-order valence-electron chi connectivity index (χ2n) is 7.23. The number of nitrogens with zero attached hydrogens (tertiary/aromatic N) is 1. The maximum atomic E-state index is 12.3. The van der Waals surface area contributed by atoms with E-state index in [0.717, 1.165) is 17.7 Å². The fourth-order valence-electron chi connectivity index (χ4n) is 3.66. The summed E-state index contributed by atoms with van der Waals surface area (Å²) in [4.78, 5) is 48.9. The zero-order valence-electron chi connectivity index (χ0n) is 14.3. The standard InChI is InChI=1S/C17H26N2O5/c1-10(2)7-11(17(23)24)8-18-14(20)9-19-15(21)12-5-3-4-6-13(12)16(19)22/h10-13H,3-9H2,1-2H3,(H,18,20)(H,23,24). The van der Waals surface area contributed by atoms with Crippen molar-refractivity contribution < 1.29 is 24.3 Å². The third kappa shape index (κ3) is 4.13. The van der Waals surface area contributed by atoms with Gasteiger partial charge in [-0.3, -0.25) is 24.1 Å². The summed E-state index contributed by atoms with van der Waals surface area (Å²) < 4.78 is 0. The van der Waals surface area contributed by atoms with Gasteiger partial charge in [0.05, 0.1) is 17.8 Å². The molecule has 0 spiro atoms. The number of carbonyl (C=O) groups excluding carboxylic acids is 3. The van der Waals surface area contributed by atoms with Crippen molar-refractivity contribution in [1.82, 2.24) is 10.2 Å². The van der Waals surface area contributed by atoms with E-state index in [4.69, 9.17) is 0 Å². The van der Waals surface area contributed by atoms with Crippen molar-refractivity contribution in [3.05, 3.63) is 0 Å². The summed E-state index contributed by atoms with van der Waals surface area (Å²) in [6.45, 7) is 3.54. The normalized spacial score (nSPS) is 24.9. The molecule has 0 bridgehead atoms. The lowest BCUT2D eigenvalue weighted by molar-refractivity contribution is -0.145. The van der Waals surface area contributed by atoms with Crippen LogP contribution in [0.1, 0.15) is 46.0 Å². The van der Waals surface area contributed by atoms with E-state index in [-0.39, 0.29) is 42.7 Å². The third-order valence-corrected chi connectivity index (χ3v) is 4.88. The second kappa shape index (κ2) is 7.77. The number of carbonyl (C=O) groups is 4. The number of carboxylic acid groups (broad SMARTS) is 1. The number of imide groups is 1. The van der Waals surface area contributed by atoms with Gasteiger partial charge in [0, 0.05) is 6.54 Å². The summed E-state index contributed by atoms with van der Waals surface area (Å²) in [5.74, 6) is -2.95. The Balaban J connectivity index is 1.88. The Labute approximate surface area is 141 Å². The minimum absolute atomic E-state index is 0.00935. The van der Waals surface area contributed by atoms with Gasteiger partial charge in [0.2, 0.25) is 17.7 Å². The van der Waals surface area contributed by atoms with Gasteiger partial charge in [-0.1, -0.05) is 26.7 Å². The molecule has 1 heterocycles. The van der Waals surface area contributed by atoms with Crippen molar-refractivity contribution in [1.29, 1.82) is 0 Å². The number of nitrogens with one attached hydrogen (secondary N) is 1. The van der Waals surface area contributed by atoms with Crippen LogP contribution in [0, 0.1) is 23.7 Å². The molecule has 2 rings (SSSR count). The van der Waals surface area contributed by atoms with Crippen molar-refractivity contribution in [3.63, 3.8) is 0 Å². The Morgan fingerprint density at radius 1 is 1.17 bits per heavy atom. The van der Waals surface area contributed by atoms with Crippen LogP contribution in [-0.2, 0) is 19.2 Å². The first-order valence-electron chi connectivity index (χ1n) is 8.66. The summed E-state index contributed by atoms with van der Waals surface area (Å²) in [5.41, 5.74) is 0. The van der Waals surface area contributed by atoms with Gasteiger partial charge in [0.25, 0.3) is 0 Å². The van der Waals surface area contributed by atoms with Crippen molar-refractivity contribution in [2.24, 2.45) is 23.7 Å². The molecule has 2 fully saturated rings. The monoisotopic (exact) mass is 338 g/mol. The average Bonchev–Trinajstić information content (AvgIpc) is 2.76. The molecule has 24 heavy (non-hydrogen) atoms. The highest BCUT2D eigenvalue weighted by atomic mass is 16.4. The maximum absolute atomic E-state index is 12.3. The maximum Gasteiger partial charge on any atom is 0.308 e. The van der Waals surface area contributed by atoms with Gasteiger partial charge in [-0.25, -0.2) is 0 Å². The number of rotatable bonds is 7. The van der Waals surface area contributed by atoms with E-state index < -0.39 is 17.8 Å². The molecule has 2 aliphatic rings. The van der Waals surface area contributed by atoms with Crippen LogP contribution in [0.15, 0.2) is 0 Å². The third-order valence-electron chi connectivity index (χ3n) is 4.88. The Morgan fingerprint density at radius 2 is 1.71 bits per heavy atom. The lowest BCUT2D eigenvalue weighted by atomic mass is 9.81. The molecule has 1 saturated carbocycles. The van der Waals surface area contributed by atoms with Crippen LogP contribution in [0.3, 0.4) is 0 Å². The average molecular weight is 338 g/mol. The van der Waals surface area contributed by atoms with Crippen molar-refractivity contribution in [2.45, 2.75) is 46.0 Å². The summed E-state index contributed by atoms with van der Waals surface area (Å²) in [6.07, 6.45) is 3.76. The topological polar surface area (TPSA) is 104 Å². The summed E-state index contributed by atoms with van der Waals surface area (Å²) >= 11 is 0. The van der Waals surface area contributed by atoms with E-state index in [0.29, 0.717) is 19.3 Å². The van der Waals surface area contributed by atoms with Gasteiger partial charge < -0.3 is 10.4 Å². The Hall–Kier alpha value is -1.92. The highest BCUT2D eigenvalue weighted by Gasteiger charge is 2.48. The minimum Gasteiger partial charge on any atom is -0.481 e. The van der Waals surface area contributed by atoms with E-state index in [1.54, 1.807) is 0 Å². The number of amides is 3. The Kier molecular flexibility index (Phi) is 5.96. The quantitative estimate of drug-likeness (QED) is 0.675. The summed E-state index contributed by atoms with van der Waals surface area (Å²) in [6, 6.07) is 0. The predicted octanol–water partition coefficient (Wildman–Crippen LogP) is 1.02. The fraction of sp³-hybridized carbons (Fsp3) is 0.765. The van der Waals surface area contributed by atoms with Gasteiger partial charge in [-0.05, 0) is 25.2 Å². The number of likely N-dealkylation sites (tertiary alicyclic amines) is 1. The number of fused-ring (bicyclic) bond motifs is 1. The highest BCUT2D eigenvalue weighted by molar-refractivity contribution is 6.07. The van der Waals surface area contributed by atoms with E-state index >= 15 is 0 Å². The highest BCUT2D eigenvalue weighted by Crippen LogP contribution is 2.37. The Bertz CT molecular complexity index is 507.